The Kier molecular flexibility index (Phi) is 3.57. The van der Waals surface area contributed by atoms with E-state index in [1.54, 1.807) is 4.90 Å². The highest BCUT2D eigenvalue weighted by atomic mass is 16.5. The van der Waals surface area contributed by atoms with Crippen LogP contribution in [0.3, 0.4) is 0 Å². The number of carbonyl (C=O) groups excluding carboxylic acids is 1. The van der Waals surface area contributed by atoms with E-state index in [2.05, 4.69) is 31.2 Å². The monoisotopic (exact) mass is 219 g/mol. The first kappa shape index (κ1) is 11.1. The standard InChI is InChI=1S/C13H17NO2/c1-11-2-4-12(5-3-11)6-7-13(15)14-8-9-16-10-14/h2-5H,6-10H2,1H3. The van der Waals surface area contributed by atoms with Gasteiger partial charge in [-0.3, -0.25) is 4.79 Å². The molecular weight excluding hydrogens is 202 g/mol. The van der Waals surface area contributed by atoms with Crippen LogP contribution in [0.4, 0.5) is 0 Å². The lowest BCUT2D eigenvalue weighted by Gasteiger charge is -2.13. The molecule has 0 saturated carbocycles. The third-order valence-corrected chi connectivity index (χ3v) is 2.85. The van der Waals surface area contributed by atoms with E-state index in [-0.39, 0.29) is 5.91 Å². The zero-order valence-corrected chi connectivity index (χ0v) is 9.61. The van der Waals surface area contributed by atoms with Crippen LogP contribution >= 0.6 is 0 Å². The van der Waals surface area contributed by atoms with Crippen LogP contribution in [0, 0.1) is 6.92 Å². The molecule has 2 rings (SSSR count). The summed E-state index contributed by atoms with van der Waals surface area (Å²) in [5.41, 5.74) is 2.47. The van der Waals surface area contributed by atoms with Gasteiger partial charge in [0.25, 0.3) is 0 Å². The summed E-state index contributed by atoms with van der Waals surface area (Å²) in [6, 6.07) is 8.34. The molecule has 86 valence electrons. The van der Waals surface area contributed by atoms with Crippen LogP contribution in [0.15, 0.2) is 24.3 Å². The zero-order chi connectivity index (χ0) is 11.4. The van der Waals surface area contributed by atoms with Crippen molar-refractivity contribution in [1.82, 2.24) is 4.90 Å². The third kappa shape index (κ3) is 2.83. The number of hydrogen-bond donors (Lipinski definition) is 0. The topological polar surface area (TPSA) is 29.5 Å². The van der Waals surface area contributed by atoms with Crippen LogP contribution in [-0.4, -0.2) is 30.7 Å². The predicted octanol–water partition coefficient (Wildman–Crippen LogP) is 1.74. The zero-order valence-electron chi connectivity index (χ0n) is 9.61. The van der Waals surface area contributed by atoms with Crippen molar-refractivity contribution in [3.8, 4) is 0 Å². The molecule has 1 aromatic rings. The lowest BCUT2D eigenvalue weighted by atomic mass is 10.1. The van der Waals surface area contributed by atoms with Crippen LogP contribution in [0.5, 0.6) is 0 Å². The minimum Gasteiger partial charge on any atom is -0.359 e. The lowest BCUT2D eigenvalue weighted by Crippen LogP contribution is -2.28. The average molecular weight is 219 g/mol. The van der Waals surface area contributed by atoms with Gasteiger partial charge in [-0.2, -0.15) is 0 Å². The second kappa shape index (κ2) is 5.12. The average Bonchev–Trinajstić information content (AvgIpc) is 2.81. The molecule has 0 aromatic heterocycles. The van der Waals surface area contributed by atoms with Crippen molar-refractivity contribution in [2.75, 3.05) is 19.9 Å². The number of rotatable bonds is 3. The summed E-state index contributed by atoms with van der Waals surface area (Å²) < 4.78 is 5.15. The fourth-order valence-corrected chi connectivity index (χ4v) is 1.77. The summed E-state index contributed by atoms with van der Waals surface area (Å²) in [5.74, 6) is 0.193. The van der Waals surface area contributed by atoms with Crippen molar-refractivity contribution in [1.29, 1.82) is 0 Å². The SMILES string of the molecule is Cc1ccc(CCC(=O)N2CCOC2)cc1. The molecule has 1 aromatic carbocycles. The molecule has 0 N–H and O–H groups in total. The Morgan fingerprint density at radius 3 is 2.75 bits per heavy atom. The normalized spacial score (nSPS) is 15.4. The fraction of sp³-hybridized carbons (Fsp3) is 0.462. The molecule has 0 atom stereocenters. The molecule has 0 bridgehead atoms. The molecule has 1 amide bonds. The molecule has 1 aliphatic rings. The number of hydrogen-bond acceptors (Lipinski definition) is 2. The van der Waals surface area contributed by atoms with Crippen molar-refractivity contribution < 1.29 is 9.53 Å². The first-order chi connectivity index (χ1) is 7.75. The summed E-state index contributed by atoms with van der Waals surface area (Å²) in [5, 5.41) is 0. The first-order valence-corrected chi connectivity index (χ1v) is 5.67. The van der Waals surface area contributed by atoms with Crippen LogP contribution in [0.1, 0.15) is 17.5 Å². The second-order valence-electron chi connectivity index (χ2n) is 4.18. The van der Waals surface area contributed by atoms with E-state index in [0.717, 1.165) is 13.0 Å². The number of ether oxygens (including phenoxy) is 1. The number of carbonyl (C=O) groups is 1. The van der Waals surface area contributed by atoms with E-state index in [4.69, 9.17) is 4.74 Å². The van der Waals surface area contributed by atoms with Gasteiger partial charge in [0.15, 0.2) is 0 Å². The molecule has 16 heavy (non-hydrogen) atoms. The minimum atomic E-state index is 0.193. The van der Waals surface area contributed by atoms with Crippen LogP contribution in [0.25, 0.3) is 0 Å². The Balaban J connectivity index is 1.82. The smallest absolute Gasteiger partial charge is 0.224 e. The Morgan fingerprint density at radius 1 is 1.38 bits per heavy atom. The maximum atomic E-state index is 11.7. The molecule has 0 radical (unpaired) electrons. The largest absolute Gasteiger partial charge is 0.359 e. The van der Waals surface area contributed by atoms with Gasteiger partial charge in [-0.05, 0) is 18.9 Å². The van der Waals surface area contributed by atoms with Gasteiger partial charge in [-0.25, -0.2) is 0 Å². The maximum absolute atomic E-state index is 11.7. The maximum Gasteiger partial charge on any atom is 0.224 e. The van der Waals surface area contributed by atoms with E-state index in [1.807, 2.05) is 0 Å². The van der Waals surface area contributed by atoms with Crippen molar-refractivity contribution in [3.63, 3.8) is 0 Å². The van der Waals surface area contributed by atoms with E-state index in [9.17, 15) is 4.79 Å². The van der Waals surface area contributed by atoms with Crippen molar-refractivity contribution in [2.45, 2.75) is 19.8 Å². The fourth-order valence-electron chi connectivity index (χ4n) is 1.77. The summed E-state index contributed by atoms with van der Waals surface area (Å²) in [6.07, 6.45) is 1.39. The van der Waals surface area contributed by atoms with Gasteiger partial charge in [-0.1, -0.05) is 29.8 Å². The van der Waals surface area contributed by atoms with Gasteiger partial charge < -0.3 is 9.64 Å². The van der Waals surface area contributed by atoms with Gasteiger partial charge in [-0.15, -0.1) is 0 Å². The van der Waals surface area contributed by atoms with Gasteiger partial charge in [0.1, 0.15) is 6.73 Å². The van der Waals surface area contributed by atoms with Gasteiger partial charge in [0, 0.05) is 13.0 Å². The minimum absolute atomic E-state index is 0.193. The van der Waals surface area contributed by atoms with Crippen molar-refractivity contribution >= 4 is 5.91 Å². The summed E-state index contributed by atoms with van der Waals surface area (Å²) >= 11 is 0. The molecule has 1 saturated heterocycles. The van der Waals surface area contributed by atoms with Gasteiger partial charge in [0.2, 0.25) is 5.91 Å². The Bertz CT molecular complexity index is 353. The summed E-state index contributed by atoms with van der Waals surface area (Å²) in [6.45, 7) is 3.95. The number of aryl methyl sites for hydroxylation is 2. The van der Waals surface area contributed by atoms with Crippen molar-refractivity contribution in [3.05, 3.63) is 35.4 Å². The van der Waals surface area contributed by atoms with E-state index in [0.29, 0.717) is 19.8 Å². The molecular formula is C13H17NO2. The molecule has 3 nitrogen and oxygen atoms in total. The van der Waals surface area contributed by atoms with E-state index in [1.165, 1.54) is 11.1 Å². The second-order valence-corrected chi connectivity index (χ2v) is 4.18. The predicted molar refractivity (Wildman–Crippen MR) is 62.0 cm³/mol. The van der Waals surface area contributed by atoms with E-state index >= 15 is 0 Å². The Labute approximate surface area is 96.0 Å². The highest BCUT2D eigenvalue weighted by Crippen LogP contribution is 2.08. The highest BCUT2D eigenvalue weighted by molar-refractivity contribution is 5.76. The molecule has 1 heterocycles. The highest BCUT2D eigenvalue weighted by Gasteiger charge is 2.17. The quantitative estimate of drug-likeness (QED) is 0.775. The van der Waals surface area contributed by atoms with E-state index < -0.39 is 0 Å². The third-order valence-electron chi connectivity index (χ3n) is 2.85. The van der Waals surface area contributed by atoms with Gasteiger partial charge >= 0.3 is 0 Å². The number of amides is 1. The van der Waals surface area contributed by atoms with Crippen LogP contribution in [-0.2, 0) is 16.0 Å². The van der Waals surface area contributed by atoms with Crippen molar-refractivity contribution in [2.24, 2.45) is 0 Å². The Morgan fingerprint density at radius 2 is 2.12 bits per heavy atom. The first-order valence-electron chi connectivity index (χ1n) is 5.67. The van der Waals surface area contributed by atoms with Gasteiger partial charge in [0.05, 0.1) is 6.61 Å². The number of nitrogens with zero attached hydrogens (tertiary/aromatic N) is 1. The molecule has 0 aliphatic carbocycles. The molecule has 0 spiro atoms. The van der Waals surface area contributed by atoms with Crippen LogP contribution < -0.4 is 0 Å². The molecule has 3 heteroatoms. The van der Waals surface area contributed by atoms with Crippen LogP contribution in [0.2, 0.25) is 0 Å². The Hall–Kier alpha value is -1.35. The molecule has 0 unspecified atom stereocenters. The summed E-state index contributed by atoms with van der Waals surface area (Å²) in [4.78, 5) is 13.5. The molecule has 1 aliphatic heterocycles. The molecule has 1 fully saturated rings. The number of benzene rings is 1. The summed E-state index contributed by atoms with van der Waals surface area (Å²) in [7, 11) is 0. The lowest BCUT2D eigenvalue weighted by molar-refractivity contribution is -0.131.